The third-order valence-corrected chi connectivity index (χ3v) is 3.60. The van der Waals surface area contributed by atoms with Gasteiger partial charge in [-0.15, -0.1) is 0 Å². The Hall–Kier alpha value is -0.650. The molecule has 1 atom stereocenters. The first kappa shape index (κ1) is 19.4. The second-order valence-electron chi connectivity index (χ2n) is 5.92. The Balaban J connectivity index is 3.98. The van der Waals surface area contributed by atoms with E-state index in [0.29, 0.717) is 0 Å². The lowest BCUT2D eigenvalue weighted by Crippen LogP contribution is -2.50. The number of esters is 1. The number of carbonyl (C=O) groups excluding carboxylic acids is 1. The normalized spacial score (nSPS) is 14.6. The maximum atomic E-state index is 11.8. The lowest BCUT2D eigenvalue weighted by Gasteiger charge is -2.28. The van der Waals surface area contributed by atoms with E-state index in [9.17, 15) is 4.79 Å². The molecule has 1 N–H and O–H groups in total. The van der Waals surface area contributed by atoms with Crippen LogP contribution in [0.25, 0.3) is 0 Å². The van der Waals surface area contributed by atoms with Gasteiger partial charge in [-0.05, 0) is 60.4 Å². The third-order valence-electron chi connectivity index (χ3n) is 3.60. The van der Waals surface area contributed by atoms with E-state index in [4.69, 9.17) is 4.74 Å². The van der Waals surface area contributed by atoms with Gasteiger partial charge in [0.05, 0.1) is 7.11 Å². The smallest absolute Gasteiger partial charge is 0.325 e. The standard InChI is InChI=1S/C15H33N3O2/c1-7-16-15(2,14(19)20-6)10-8-9-11-18(5)13-12-17(3)4/h16H,7-13H2,1-6H3. The molecule has 0 radical (unpaired) electrons. The topological polar surface area (TPSA) is 44.8 Å². The van der Waals surface area contributed by atoms with Gasteiger partial charge in [-0.2, -0.15) is 0 Å². The van der Waals surface area contributed by atoms with E-state index < -0.39 is 5.54 Å². The van der Waals surface area contributed by atoms with Gasteiger partial charge in [-0.25, -0.2) is 0 Å². The van der Waals surface area contributed by atoms with Crippen molar-refractivity contribution >= 4 is 5.97 Å². The zero-order valence-corrected chi connectivity index (χ0v) is 14.2. The number of unbranched alkanes of at least 4 members (excludes halogenated alkanes) is 1. The van der Waals surface area contributed by atoms with Crippen molar-refractivity contribution in [2.75, 3.05) is 54.4 Å². The summed E-state index contributed by atoms with van der Waals surface area (Å²) in [4.78, 5) is 16.4. The van der Waals surface area contributed by atoms with Crippen molar-refractivity contribution in [3.63, 3.8) is 0 Å². The Bertz CT molecular complexity index is 272. The van der Waals surface area contributed by atoms with Crippen LogP contribution < -0.4 is 5.32 Å². The highest BCUT2D eigenvalue weighted by Gasteiger charge is 2.32. The number of likely N-dealkylation sites (N-methyl/N-ethyl adjacent to an activating group) is 3. The van der Waals surface area contributed by atoms with Crippen molar-refractivity contribution in [1.29, 1.82) is 0 Å². The van der Waals surface area contributed by atoms with E-state index in [-0.39, 0.29) is 5.97 Å². The quantitative estimate of drug-likeness (QED) is 0.457. The molecule has 0 saturated heterocycles. The molecule has 1 unspecified atom stereocenters. The molecule has 0 aromatic heterocycles. The van der Waals surface area contributed by atoms with Crippen molar-refractivity contribution in [2.24, 2.45) is 0 Å². The molecular formula is C15H33N3O2. The van der Waals surface area contributed by atoms with Crippen LogP contribution >= 0.6 is 0 Å². The van der Waals surface area contributed by atoms with Crippen LogP contribution in [-0.4, -0.2) is 75.7 Å². The van der Waals surface area contributed by atoms with Crippen LogP contribution in [0.15, 0.2) is 0 Å². The van der Waals surface area contributed by atoms with Gasteiger partial charge in [0.2, 0.25) is 0 Å². The monoisotopic (exact) mass is 287 g/mol. The summed E-state index contributed by atoms with van der Waals surface area (Å²) in [6.07, 6.45) is 2.93. The van der Waals surface area contributed by atoms with Gasteiger partial charge in [0.15, 0.2) is 0 Å². The van der Waals surface area contributed by atoms with Gasteiger partial charge in [0.25, 0.3) is 0 Å². The summed E-state index contributed by atoms with van der Waals surface area (Å²) in [5, 5.41) is 3.24. The molecule has 0 spiro atoms. The van der Waals surface area contributed by atoms with Gasteiger partial charge >= 0.3 is 5.97 Å². The number of carbonyl (C=O) groups is 1. The number of methoxy groups -OCH3 is 1. The fraction of sp³-hybridized carbons (Fsp3) is 0.933. The molecule has 5 heteroatoms. The van der Waals surface area contributed by atoms with Gasteiger partial charge in [-0.3, -0.25) is 4.79 Å². The van der Waals surface area contributed by atoms with Crippen LogP contribution in [0, 0.1) is 0 Å². The number of hydrogen-bond acceptors (Lipinski definition) is 5. The Morgan fingerprint density at radius 2 is 1.80 bits per heavy atom. The maximum absolute atomic E-state index is 11.8. The molecule has 0 aromatic carbocycles. The number of hydrogen-bond donors (Lipinski definition) is 1. The zero-order valence-electron chi connectivity index (χ0n) is 14.2. The Morgan fingerprint density at radius 1 is 1.15 bits per heavy atom. The highest BCUT2D eigenvalue weighted by atomic mass is 16.5. The molecule has 0 aliphatic heterocycles. The van der Waals surface area contributed by atoms with E-state index >= 15 is 0 Å². The Labute approximate surface area is 124 Å². The molecule has 0 fully saturated rings. The van der Waals surface area contributed by atoms with E-state index in [1.54, 1.807) is 0 Å². The summed E-state index contributed by atoms with van der Waals surface area (Å²) in [5.74, 6) is -0.166. The van der Waals surface area contributed by atoms with Crippen molar-refractivity contribution < 1.29 is 9.53 Å². The molecule has 20 heavy (non-hydrogen) atoms. The summed E-state index contributed by atoms with van der Waals surface area (Å²) in [5.41, 5.74) is -0.550. The van der Waals surface area contributed by atoms with Crippen molar-refractivity contribution in [2.45, 2.75) is 38.6 Å². The van der Waals surface area contributed by atoms with Crippen LogP contribution in [-0.2, 0) is 9.53 Å². The molecule has 0 heterocycles. The SMILES string of the molecule is CCNC(C)(CCCCN(C)CCN(C)C)C(=O)OC. The van der Waals surface area contributed by atoms with E-state index in [0.717, 1.165) is 45.4 Å². The average molecular weight is 287 g/mol. The molecule has 0 aliphatic rings. The predicted molar refractivity (Wildman–Crippen MR) is 84.0 cm³/mol. The van der Waals surface area contributed by atoms with E-state index in [1.165, 1.54) is 7.11 Å². The molecule has 0 rings (SSSR count). The summed E-state index contributed by atoms with van der Waals surface area (Å²) < 4.78 is 4.89. The van der Waals surface area contributed by atoms with Gasteiger partial charge in [-0.1, -0.05) is 6.92 Å². The summed E-state index contributed by atoms with van der Waals surface area (Å²) >= 11 is 0. The fourth-order valence-electron chi connectivity index (χ4n) is 2.22. The largest absolute Gasteiger partial charge is 0.468 e. The maximum Gasteiger partial charge on any atom is 0.325 e. The van der Waals surface area contributed by atoms with Crippen LogP contribution in [0.5, 0.6) is 0 Å². The molecular weight excluding hydrogens is 254 g/mol. The van der Waals surface area contributed by atoms with E-state index in [2.05, 4.69) is 36.3 Å². The minimum absolute atomic E-state index is 0.166. The third kappa shape index (κ3) is 7.82. The van der Waals surface area contributed by atoms with Gasteiger partial charge < -0.3 is 19.9 Å². The predicted octanol–water partition coefficient (Wildman–Crippen LogP) is 1.19. The average Bonchev–Trinajstić information content (AvgIpc) is 2.40. The second-order valence-corrected chi connectivity index (χ2v) is 5.92. The molecule has 0 amide bonds. The van der Waals surface area contributed by atoms with Gasteiger partial charge in [0, 0.05) is 13.1 Å². The van der Waals surface area contributed by atoms with Gasteiger partial charge in [0.1, 0.15) is 5.54 Å². The first-order chi connectivity index (χ1) is 9.35. The molecule has 0 aromatic rings. The second kappa shape index (κ2) is 10.1. The number of ether oxygens (including phenoxy) is 1. The van der Waals surface area contributed by atoms with E-state index in [1.807, 2.05) is 13.8 Å². The number of nitrogens with zero attached hydrogens (tertiary/aromatic N) is 2. The van der Waals surface area contributed by atoms with Crippen LogP contribution in [0.1, 0.15) is 33.1 Å². The summed E-state index contributed by atoms with van der Waals surface area (Å²) in [7, 11) is 7.78. The lowest BCUT2D eigenvalue weighted by atomic mass is 9.94. The number of nitrogens with one attached hydrogen (secondary N) is 1. The van der Waals surface area contributed by atoms with Crippen LogP contribution in [0.4, 0.5) is 0 Å². The van der Waals surface area contributed by atoms with Crippen molar-refractivity contribution in [3.8, 4) is 0 Å². The Morgan fingerprint density at radius 3 is 2.30 bits per heavy atom. The zero-order chi connectivity index (χ0) is 15.6. The first-order valence-electron chi connectivity index (χ1n) is 7.52. The molecule has 5 nitrogen and oxygen atoms in total. The van der Waals surface area contributed by atoms with Crippen LogP contribution in [0.3, 0.4) is 0 Å². The number of rotatable bonds is 11. The summed E-state index contributed by atoms with van der Waals surface area (Å²) in [6.45, 7) is 7.93. The van der Waals surface area contributed by atoms with Crippen molar-refractivity contribution in [1.82, 2.24) is 15.1 Å². The first-order valence-corrected chi connectivity index (χ1v) is 7.52. The summed E-state index contributed by atoms with van der Waals surface area (Å²) in [6, 6.07) is 0. The minimum Gasteiger partial charge on any atom is -0.468 e. The lowest BCUT2D eigenvalue weighted by molar-refractivity contribution is -0.148. The highest BCUT2D eigenvalue weighted by Crippen LogP contribution is 2.15. The fourth-order valence-corrected chi connectivity index (χ4v) is 2.22. The molecule has 0 aliphatic carbocycles. The molecule has 0 saturated carbocycles. The minimum atomic E-state index is -0.550. The van der Waals surface area contributed by atoms with Crippen molar-refractivity contribution in [3.05, 3.63) is 0 Å². The van der Waals surface area contributed by atoms with Crippen LogP contribution in [0.2, 0.25) is 0 Å². The molecule has 120 valence electrons. The molecule has 0 bridgehead atoms. The Kier molecular flexibility index (Phi) is 9.80. The highest BCUT2D eigenvalue weighted by molar-refractivity contribution is 5.80.